The minimum Gasteiger partial charge on any atom is -0.472 e. The molecule has 0 spiro atoms. The van der Waals surface area contributed by atoms with Crippen molar-refractivity contribution < 1.29 is 13.9 Å². The van der Waals surface area contributed by atoms with Crippen LogP contribution in [0.5, 0.6) is 0 Å². The summed E-state index contributed by atoms with van der Waals surface area (Å²) < 4.78 is 9.88. The van der Waals surface area contributed by atoms with E-state index in [-0.39, 0.29) is 12.1 Å². The Morgan fingerprint density at radius 1 is 1.55 bits per heavy atom. The van der Waals surface area contributed by atoms with E-state index in [2.05, 4.69) is 0 Å². The molecule has 0 radical (unpaired) electrons. The fourth-order valence-corrected chi connectivity index (χ4v) is 1.22. The van der Waals surface area contributed by atoms with Crippen LogP contribution in [0.2, 0.25) is 0 Å². The predicted molar refractivity (Wildman–Crippen MR) is 36.8 cm³/mol. The zero-order chi connectivity index (χ0) is 7.68. The first-order valence-electron chi connectivity index (χ1n) is 3.58. The molecule has 3 nitrogen and oxygen atoms in total. The third-order valence-corrected chi connectivity index (χ3v) is 1.80. The lowest BCUT2D eigenvalue weighted by Crippen LogP contribution is -1.96. The van der Waals surface area contributed by atoms with Gasteiger partial charge in [0.05, 0.1) is 12.5 Å². The van der Waals surface area contributed by atoms with E-state index in [0.717, 1.165) is 12.0 Å². The Hall–Kier alpha value is -1.25. The largest absolute Gasteiger partial charge is 0.472 e. The molecular weight excluding hydrogens is 144 g/mol. The van der Waals surface area contributed by atoms with E-state index in [4.69, 9.17) is 9.15 Å². The van der Waals surface area contributed by atoms with Gasteiger partial charge in [-0.1, -0.05) is 0 Å². The summed E-state index contributed by atoms with van der Waals surface area (Å²) in [7, 11) is 0. The van der Waals surface area contributed by atoms with Gasteiger partial charge in [-0.05, 0) is 12.5 Å². The summed E-state index contributed by atoms with van der Waals surface area (Å²) in [6, 6.07) is 1.82. The molecule has 0 aromatic carbocycles. The second kappa shape index (κ2) is 2.42. The molecule has 1 aromatic heterocycles. The van der Waals surface area contributed by atoms with Crippen LogP contribution >= 0.6 is 0 Å². The standard InChI is InChI=1S/C8H8O3/c9-8-2-1-7(11-8)6-3-4-10-5-6/h3-5,7H,1-2H2. The summed E-state index contributed by atoms with van der Waals surface area (Å²) in [5, 5.41) is 0. The maximum absolute atomic E-state index is 10.7. The van der Waals surface area contributed by atoms with E-state index < -0.39 is 0 Å². The molecule has 0 N–H and O–H groups in total. The molecule has 1 aromatic rings. The first-order valence-corrected chi connectivity index (χ1v) is 3.58. The maximum Gasteiger partial charge on any atom is 0.306 e. The van der Waals surface area contributed by atoms with Gasteiger partial charge in [-0.3, -0.25) is 4.79 Å². The highest BCUT2D eigenvalue weighted by molar-refractivity contribution is 5.71. The van der Waals surface area contributed by atoms with Gasteiger partial charge in [-0.15, -0.1) is 0 Å². The average Bonchev–Trinajstić information content (AvgIpc) is 2.55. The molecule has 0 amide bonds. The first-order chi connectivity index (χ1) is 5.36. The molecular formula is C8H8O3. The van der Waals surface area contributed by atoms with E-state index in [0.29, 0.717) is 6.42 Å². The van der Waals surface area contributed by atoms with E-state index in [1.54, 1.807) is 12.5 Å². The molecule has 1 atom stereocenters. The van der Waals surface area contributed by atoms with Crippen molar-refractivity contribution in [3.63, 3.8) is 0 Å². The Labute approximate surface area is 64.0 Å². The van der Waals surface area contributed by atoms with Crippen LogP contribution in [-0.2, 0) is 9.53 Å². The lowest BCUT2D eigenvalue weighted by atomic mass is 10.1. The van der Waals surface area contributed by atoms with Crippen LogP contribution < -0.4 is 0 Å². The number of hydrogen-bond donors (Lipinski definition) is 0. The minimum absolute atomic E-state index is 0.0683. The number of furan rings is 1. The van der Waals surface area contributed by atoms with Crippen molar-refractivity contribution in [1.29, 1.82) is 0 Å². The van der Waals surface area contributed by atoms with Crippen LogP contribution in [0.3, 0.4) is 0 Å². The highest BCUT2D eigenvalue weighted by Crippen LogP contribution is 2.29. The molecule has 0 saturated carbocycles. The molecule has 11 heavy (non-hydrogen) atoms. The van der Waals surface area contributed by atoms with Crippen molar-refractivity contribution in [2.24, 2.45) is 0 Å². The Morgan fingerprint density at radius 2 is 2.45 bits per heavy atom. The molecule has 0 aliphatic carbocycles. The first kappa shape index (κ1) is 6.46. The Morgan fingerprint density at radius 3 is 3.00 bits per heavy atom. The van der Waals surface area contributed by atoms with Crippen LogP contribution in [0.1, 0.15) is 24.5 Å². The molecule has 2 rings (SSSR count). The van der Waals surface area contributed by atoms with Gasteiger partial charge in [-0.25, -0.2) is 0 Å². The second-order valence-corrected chi connectivity index (χ2v) is 2.57. The molecule has 58 valence electrons. The summed E-state index contributed by atoms with van der Waals surface area (Å²) in [5.74, 6) is -0.115. The Balaban J connectivity index is 2.13. The lowest BCUT2D eigenvalue weighted by molar-refractivity contribution is -0.141. The molecule has 0 bridgehead atoms. The molecule has 3 heteroatoms. The summed E-state index contributed by atoms with van der Waals surface area (Å²) in [5.41, 5.74) is 0.954. The van der Waals surface area contributed by atoms with Gasteiger partial charge in [0.2, 0.25) is 0 Å². The topological polar surface area (TPSA) is 39.4 Å². The lowest BCUT2D eigenvalue weighted by Gasteiger charge is -2.03. The molecule has 1 aliphatic heterocycles. The molecule has 1 aliphatic rings. The number of carbonyl (C=O) groups is 1. The fourth-order valence-electron chi connectivity index (χ4n) is 1.22. The molecule has 1 unspecified atom stereocenters. The molecule has 1 saturated heterocycles. The van der Waals surface area contributed by atoms with Gasteiger partial charge in [0.15, 0.2) is 0 Å². The van der Waals surface area contributed by atoms with E-state index >= 15 is 0 Å². The number of ether oxygens (including phenoxy) is 1. The highest BCUT2D eigenvalue weighted by Gasteiger charge is 2.25. The third-order valence-electron chi connectivity index (χ3n) is 1.80. The second-order valence-electron chi connectivity index (χ2n) is 2.57. The zero-order valence-electron chi connectivity index (χ0n) is 5.95. The normalized spacial score (nSPS) is 23.6. The number of hydrogen-bond acceptors (Lipinski definition) is 3. The minimum atomic E-state index is -0.115. The zero-order valence-corrected chi connectivity index (χ0v) is 5.95. The van der Waals surface area contributed by atoms with Crippen molar-refractivity contribution in [3.8, 4) is 0 Å². The van der Waals surface area contributed by atoms with Gasteiger partial charge < -0.3 is 9.15 Å². The third kappa shape index (κ3) is 1.13. The predicted octanol–water partition coefficient (Wildman–Crippen LogP) is 1.66. The van der Waals surface area contributed by atoms with E-state index in [9.17, 15) is 4.79 Å². The highest BCUT2D eigenvalue weighted by atomic mass is 16.5. The summed E-state index contributed by atoms with van der Waals surface area (Å²) in [6.07, 6.45) is 4.43. The van der Waals surface area contributed by atoms with Gasteiger partial charge in [0.1, 0.15) is 6.10 Å². The summed E-state index contributed by atoms with van der Waals surface area (Å²) in [4.78, 5) is 10.7. The average molecular weight is 152 g/mol. The summed E-state index contributed by atoms with van der Waals surface area (Å²) >= 11 is 0. The smallest absolute Gasteiger partial charge is 0.306 e. The van der Waals surface area contributed by atoms with Crippen molar-refractivity contribution in [1.82, 2.24) is 0 Å². The van der Waals surface area contributed by atoms with E-state index in [1.165, 1.54) is 0 Å². The van der Waals surface area contributed by atoms with Crippen LogP contribution in [-0.4, -0.2) is 5.97 Å². The van der Waals surface area contributed by atoms with Crippen molar-refractivity contribution >= 4 is 5.97 Å². The van der Waals surface area contributed by atoms with Gasteiger partial charge >= 0.3 is 5.97 Å². The van der Waals surface area contributed by atoms with Crippen molar-refractivity contribution in [3.05, 3.63) is 24.2 Å². The fraction of sp³-hybridized carbons (Fsp3) is 0.375. The van der Waals surface area contributed by atoms with Crippen LogP contribution in [0.4, 0.5) is 0 Å². The molecule has 2 heterocycles. The van der Waals surface area contributed by atoms with Gasteiger partial charge in [0, 0.05) is 12.0 Å². The molecule has 1 fully saturated rings. The van der Waals surface area contributed by atoms with Gasteiger partial charge in [-0.2, -0.15) is 0 Å². The Bertz CT molecular complexity index is 250. The maximum atomic E-state index is 10.7. The number of cyclic esters (lactones) is 1. The van der Waals surface area contributed by atoms with Crippen LogP contribution in [0.25, 0.3) is 0 Å². The Kier molecular flexibility index (Phi) is 1.42. The van der Waals surface area contributed by atoms with Gasteiger partial charge in [0.25, 0.3) is 0 Å². The number of rotatable bonds is 1. The SMILES string of the molecule is O=C1CCC(c2ccoc2)O1. The monoisotopic (exact) mass is 152 g/mol. The number of carbonyl (C=O) groups excluding carboxylic acids is 1. The number of esters is 1. The van der Waals surface area contributed by atoms with Crippen LogP contribution in [0, 0.1) is 0 Å². The van der Waals surface area contributed by atoms with Crippen LogP contribution in [0.15, 0.2) is 23.0 Å². The van der Waals surface area contributed by atoms with Crippen molar-refractivity contribution in [2.75, 3.05) is 0 Å². The quantitative estimate of drug-likeness (QED) is 0.574. The van der Waals surface area contributed by atoms with Crippen molar-refractivity contribution in [2.45, 2.75) is 18.9 Å². The summed E-state index contributed by atoms with van der Waals surface area (Å²) in [6.45, 7) is 0. The van der Waals surface area contributed by atoms with E-state index in [1.807, 2.05) is 6.07 Å².